The molecule has 1 heterocycles. The molecule has 1 aromatic heterocycles. The van der Waals surface area contributed by atoms with Gasteiger partial charge < -0.3 is 5.32 Å². The van der Waals surface area contributed by atoms with Gasteiger partial charge in [0.05, 0.1) is 16.8 Å². The van der Waals surface area contributed by atoms with Gasteiger partial charge in [0.25, 0.3) is 0 Å². The zero-order valence-electron chi connectivity index (χ0n) is 9.62. The summed E-state index contributed by atoms with van der Waals surface area (Å²) in [6.45, 7) is 0. The van der Waals surface area contributed by atoms with E-state index in [1.165, 1.54) is 24.4 Å². The van der Waals surface area contributed by atoms with Crippen LogP contribution in [0.5, 0.6) is 0 Å². The fraction of sp³-hybridized carbons (Fsp3) is 0.154. The minimum absolute atomic E-state index is 0.0828. The number of hydrogen-bond acceptors (Lipinski definition) is 2. The number of benzene rings is 1. The second-order valence-electron chi connectivity index (χ2n) is 3.73. The average Bonchev–Trinajstić information content (AvgIpc) is 2.35. The highest BCUT2D eigenvalue weighted by Gasteiger charge is 2.23. The zero-order chi connectivity index (χ0) is 13.1. The highest BCUT2D eigenvalue weighted by atomic mass is 35.5. The Balaban J connectivity index is 2.56. The molecule has 0 radical (unpaired) electrons. The molecule has 1 atom stereocenters. The first-order chi connectivity index (χ1) is 8.65. The Morgan fingerprint density at radius 1 is 1.17 bits per heavy atom. The van der Waals surface area contributed by atoms with Crippen molar-refractivity contribution in [2.24, 2.45) is 0 Å². The number of rotatable bonds is 3. The lowest BCUT2D eigenvalue weighted by atomic mass is 10.0. The van der Waals surface area contributed by atoms with Gasteiger partial charge in [-0.05, 0) is 31.3 Å². The number of aromatic nitrogens is 1. The smallest absolute Gasteiger partial charge is 0.131 e. The Morgan fingerprint density at radius 2 is 1.83 bits per heavy atom. The first-order valence-electron chi connectivity index (χ1n) is 5.36. The van der Waals surface area contributed by atoms with E-state index in [4.69, 9.17) is 11.6 Å². The van der Waals surface area contributed by atoms with Crippen molar-refractivity contribution in [3.8, 4) is 0 Å². The van der Waals surface area contributed by atoms with E-state index in [2.05, 4.69) is 10.3 Å². The second-order valence-corrected chi connectivity index (χ2v) is 4.13. The van der Waals surface area contributed by atoms with E-state index in [1.54, 1.807) is 19.2 Å². The molecule has 0 aliphatic heterocycles. The van der Waals surface area contributed by atoms with Gasteiger partial charge in [0.15, 0.2) is 0 Å². The van der Waals surface area contributed by atoms with Crippen molar-refractivity contribution in [1.82, 2.24) is 10.3 Å². The fourth-order valence-electron chi connectivity index (χ4n) is 1.81. The molecule has 0 aliphatic rings. The summed E-state index contributed by atoms with van der Waals surface area (Å²) in [4.78, 5) is 4.08. The Kier molecular flexibility index (Phi) is 3.89. The molecule has 0 amide bonds. The quantitative estimate of drug-likeness (QED) is 0.924. The van der Waals surface area contributed by atoms with E-state index >= 15 is 0 Å². The molecule has 1 unspecified atom stereocenters. The first-order valence-corrected chi connectivity index (χ1v) is 5.74. The van der Waals surface area contributed by atoms with Gasteiger partial charge >= 0.3 is 0 Å². The van der Waals surface area contributed by atoms with Crippen LogP contribution in [0.25, 0.3) is 0 Å². The standard InChI is InChI=1S/C13H11ClF2N2/c1-17-13(12-8(14)4-3-7-18-12)11-9(15)5-2-6-10(11)16/h2-7,13,17H,1H3. The molecule has 1 aromatic carbocycles. The molecule has 94 valence electrons. The molecule has 0 aliphatic carbocycles. The van der Waals surface area contributed by atoms with Crippen LogP contribution >= 0.6 is 11.6 Å². The van der Waals surface area contributed by atoms with Crippen molar-refractivity contribution in [3.63, 3.8) is 0 Å². The van der Waals surface area contributed by atoms with Gasteiger partial charge in [-0.2, -0.15) is 0 Å². The molecular weight excluding hydrogens is 258 g/mol. The van der Waals surface area contributed by atoms with E-state index in [9.17, 15) is 8.78 Å². The lowest BCUT2D eigenvalue weighted by Crippen LogP contribution is -2.21. The maximum atomic E-state index is 13.8. The van der Waals surface area contributed by atoms with Gasteiger partial charge in [-0.15, -0.1) is 0 Å². The lowest BCUT2D eigenvalue weighted by molar-refractivity contribution is 0.518. The van der Waals surface area contributed by atoms with Gasteiger partial charge in [-0.3, -0.25) is 4.98 Å². The Labute approximate surface area is 109 Å². The molecule has 2 rings (SSSR count). The van der Waals surface area contributed by atoms with Crippen LogP contribution < -0.4 is 5.32 Å². The van der Waals surface area contributed by atoms with E-state index in [-0.39, 0.29) is 5.56 Å². The number of nitrogens with zero attached hydrogens (tertiary/aromatic N) is 1. The molecule has 0 fully saturated rings. The number of nitrogens with one attached hydrogen (secondary N) is 1. The van der Waals surface area contributed by atoms with Crippen molar-refractivity contribution < 1.29 is 8.78 Å². The molecular formula is C13H11ClF2N2. The zero-order valence-corrected chi connectivity index (χ0v) is 10.4. The third kappa shape index (κ3) is 2.35. The number of halogens is 3. The molecule has 0 bridgehead atoms. The number of hydrogen-bond donors (Lipinski definition) is 1. The lowest BCUT2D eigenvalue weighted by Gasteiger charge is -2.18. The van der Waals surface area contributed by atoms with Crippen LogP contribution in [0.3, 0.4) is 0 Å². The average molecular weight is 269 g/mol. The van der Waals surface area contributed by atoms with Crippen LogP contribution in [-0.4, -0.2) is 12.0 Å². The molecule has 0 spiro atoms. The SMILES string of the molecule is CNC(c1ncccc1Cl)c1c(F)cccc1F. The monoisotopic (exact) mass is 268 g/mol. The van der Waals surface area contributed by atoms with Crippen LogP contribution in [0, 0.1) is 11.6 Å². The van der Waals surface area contributed by atoms with Crippen molar-refractivity contribution in [3.05, 3.63) is 64.4 Å². The largest absolute Gasteiger partial charge is 0.308 e. The van der Waals surface area contributed by atoms with Gasteiger partial charge in [-0.25, -0.2) is 8.78 Å². The molecule has 1 N–H and O–H groups in total. The molecule has 18 heavy (non-hydrogen) atoms. The molecule has 5 heteroatoms. The van der Waals surface area contributed by atoms with E-state index < -0.39 is 17.7 Å². The summed E-state index contributed by atoms with van der Waals surface area (Å²) in [5.41, 5.74) is 0.311. The normalized spacial score (nSPS) is 12.4. The van der Waals surface area contributed by atoms with Crippen LogP contribution in [0.15, 0.2) is 36.5 Å². The Bertz CT molecular complexity index is 540. The van der Waals surface area contributed by atoms with E-state index in [0.717, 1.165) is 0 Å². The van der Waals surface area contributed by atoms with Crippen molar-refractivity contribution in [2.75, 3.05) is 7.05 Å². The van der Waals surface area contributed by atoms with Gasteiger partial charge in [0.2, 0.25) is 0 Å². The van der Waals surface area contributed by atoms with Gasteiger partial charge in [0, 0.05) is 11.8 Å². The summed E-state index contributed by atoms with van der Waals surface area (Å²) >= 11 is 6.00. The molecule has 2 nitrogen and oxygen atoms in total. The molecule has 0 saturated carbocycles. The molecule has 0 saturated heterocycles. The minimum atomic E-state index is -0.722. The van der Waals surface area contributed by atoms with E-state index in [1.807, 2.05) is 0 Å². The Morgan fingerprint density at radius 3 is 2.39 bits per heavy atom. The van der Waals surface area contributed by atoms with Crippen LogP contribution in [0.1, 0.15) is 17.3 Å². The van der Waals surface area contributed by atoms with Gasteiger partial charge in [-0.1, -0.05) is 17.7 Å². The fourth-order valence-corrected chi connectivity index (χ4v) is 2.05. The maximum Gasteiger partial charge on any atom is 0.131 e. The van der Waals surface area contributed by atoms with Crippen molar-refractivity contribution in [1.29, 1.82) is 0 Å². The van der Waals surface area contributed by atoms with Crippen LogP contribution in [-0.2, 0) is 0 Å². The van der Waals surface area contributed by atoms with Crippen molar-refractivity contribution in [2.45, 2.75) is 6.04 Å². The third-order valence-electron chi connectivity index (χ3n) is 2.64. The van der Waals surface area contributed by atoms with Crippen LogP contribution in [0.4, 0.5) is 8.78 Å². The highest BCUT2D eigenvalue weighted by molar-refractivity contribution is 6.31. The third-order valence-corrected chi connectivity index (χ3v) is 2.96. The summed E-state index contributed by atoms with van der Waals surface area (Å²) in [6, 6.07) is 6.31. The summed E-state index contributed by atoms with van der Waals surface area (Å²) in [7, 11) is 1.60. The van der Waals surface area contributed by atoms with E-state index in [0.29, 0.717) is 10.7 Å². The summed E-state index contributed by atoms with van der Waals surface area (Å²) < 4.78 is 27.5. The molecule has 2 aromatic rings. The Hall–Kier alpha value is -1.52. The predicted molar refractivity (Wildman–Crippen MR) is 66.5 cm³/mol. The van der Waals surface area contributed by atoms with Gasteiger partial charge in [0.1, 0.15) is 11.6 Å². The van der Waals surface area contributed by atoms with Crippen LogP contribution in [0.2, 0.25) is 5.02 Å². The summed E-state index contributed by atoms with van der Waals surface area (Å²) in [6.07, 6.45) is 1.53. The van der Waals surface area contributed by atoms with Crippen molar-refractivity contribution >= 4 is 11.6 Å². The highest BCUT2D eigenvalue weighted by Crippen LogP contribution is 2.29. The summed E-state index contributed by atoms with van der Waals surface area (Å²) in [5, 5.41) is 3.19. The summed E-state index contributed by atoms with van der Waals surface area (Å²) in [5.74, 6) is -1.26. The minimum Gasteiger partial charge on any atom is -0.308 e. The topological polar surface area (TPSA) is 24.9 Å². The second kappa shape index (κ2) is 5.42. The maximum absolute atomic E-state index is 13.8. The predicted octanol–water partition coefficient (Wildman–Crippen LogP) is 3.32. The number of pyridine rings is 1. The first kappa shape index (κ1) is 12.9.